The van der Waals surface area contributed by atoms with Gasteiger partial charge in [0.2, 0.25) is 5.91 Å². The number of benzene rings is 2. The van der Waals surface area contributed by atoms with Crippen molar-refractivity contribution in [2.45, 2.75) is 13.5 Å². The molecule has 2 amide bonds. The van der Waals surface area contributed by atoms with E-state index in [-0.39, 0.29) is 22.8 Å². The number of amides is 2. The van der Waals surface area contributed by atoms with Gasteiger partial charge in [-0.2, -0.15) is 0 Å². The molecule has 1 aliphatic heterocycles. The van der Waals surface area contributed by atoms with Crippen LogP contribution >= 0.6 is 35.0 Å². The highest BCUT2D eigenvalue weighted by atomic mass is 35.5. The lowest BCUT2D eigenvalue weighted by Crippen LogP contribution is -2.34. The number of hydrogen-bond donors (Lipinski definition) is 0. The summed E-state index contributed by atoms with van der Waals surface area (Å²) >= 11 is 13.5. The Morgan fingerprint density at radius 3 is 2.08 bits per heavy atom. The van der Waals surface area contributed by atoms with Crippen molar-refractivity contribution in [1.29, 1.82) is 0 Å². The summed E-state index contributed by atoms with van der Waals surface area (Å²) in [6.45, 7) is 3.16. The van der Waals surface area contributed by atoms with E-state index in [0.29, 0.717) is 23.1 Å². The highest BCUT2D eigenvalue weighted by molar-refractivity contribution is 8.14. The maximum absolute atomic E-state index is 11.9. The molecule has 134 valence electrons. The van der Waals surface area contributed by atoms with Crippen LogP contribution in [0.3, 0.4) is 0 Å². The summed E-state index contributed by atoms with van der Waals surface area (Å²) in [7, 11) is 0. The summed E-state index contributed by atoms with van der Waals surface area (Å²) in [5.41, 5.74) is 2.12. The number of aromatic nitrogens is 1. The average Bonchev–Trinajstić information content (AvgIpc) is 3.07. The quantitative estimate of drug-likeness (QED) is 0.579. The fourth-order valence-electron chi connectivity index (χ4n) is 3.48. The SMILES string of the molecule is CC(CN1C(=O)CSC1=O)Cn1c2ccc(Cl)cc2c2cc(Cl)ccc21. The van der Waals surface area contributed by atoms with Gasteiger partial charge in [0.1, 0.15) is 0 Å². The van der Waals surface area contributed by atoms with Crippen LogP contribution in [0.5, 0.6) is 0 Å². The molecule has 0 saturated carbocycles. The van der Waals surface area contributed by atoms with Crippen LogP contribution in [0.4, 0.5) is 4.79 Å². The molecule has 1 aromatic heterocycles. The Balaban J connectivity index is 1.73. The molecular weight excluding hydrogens is 391 g/mol. The fourth-order valence-corrected chi connectivity index (χ4v) is 4.56. The van der Waals surface area contributed by atoms with E-state index in [2.05, 4.69) is 4.57 Å². The van der Waals surface area contributed by atoms with Gasteiger partial charge in [0, 0.05) is 44.9 Å². The second-order valence-corrected chi connectivity index (χ2v) is 8.40. The van der Waals surface area contributed by atoms with Crippen LogP contribution in [0.25, 0.3) is 21.8 Å². The third-order valence-corrected chi connectivity index (χ3v) is 5.95. The predicted molar refractivity (Wildman–Crippen MR) is 108 cm³/mol. The molecule has 4 nitrogen and oxygen atoms in total. The van der Waals surface area contributed by atoms with Crippen molar-refractivity contribution in [3.8, 4) is 0 Å². The summed E-state index contributed by atoms with van der Waals surface area (Å²) < 4.78 is 2.21. The molecule has 1 aliphatic rings. The second-order valence-electron chi connectivity index (χ2n) is 6.60. The highest BCUT2D eigenvalue weighted by Gasteiger charge is 2.31. The summed E-state index contributed by atoms with van der Waals surface area (Å²) in [6.07, 6.45) is 0. The molecule has 7 heteroatoms. The van der Waals surface area contributed by atoms with Crippen LogP contribution in [0.1, 0.15) is 6.92 Å². The third-order valence-electron chi connectivity index (χ3n) is 4.62. The number of rotatable bonds is 4. The van der Waals surface area contributed by atoms with Crippen LogP contribution in [-0.4, -0.2) is 32.9 Å². The predicted octanol–water partition coefficient (Wildman–Crippen LogP) is 5.43. The summed E-state index contributed by atoms with van der Waals surface area (Å²) in [5, 5.41) is 3.30. The van der Waals surface area contributed by atoms with Gasteiger partial charge < -0.3 is 4.57 Å². The van der Waals surface area contributed by atoms with E-state index < -0.39 is 0 Å². The Morgan fingerprint density at radius 1 is 1.00 bits per heavy atom. The van der Waals surface area contributed by atoms with Crippen molar-refractivity contribution in [1.82, 2.24) is 9.47 Å². The molecule has 0 bridgehead atoms. The lowest BCUT2D eigenvalue weighted by Gasteiger charge is -2.20. The van der Waals surface area contributed by atoms with Crippen molar-refractivity contribution in [3.63, 3.8) is 0 Å². The Kier molecular flexibility index (Phi) is 4.63. The molecule has 2 heterocycles. The van der Waals surface area contributed by atoms with Crippen LogP contribution in [-0.2, 0) is 11.3 Å². The molecule has 3 aromatic rings. The Hall–Kier alpha value is -1.69. The Bertz CT molecular complexity index is 972. The molecule has 1 fully saturated rings. The second kappa shape index (κ2) is 6.80. The van der Waals surface area contributed by atoms with Gasteiger partial charge in [0.15, 0.2) is 0 Å². The third kappa shape index (κ3) is 3.08. The minimum atomic E-state index is -0.150. The molecule has 2 aromatic carbocycles. The number of carbonyl (C=O) groups excluding carboxylic acids is 2. The molecule has 26 heavy (non-hydrogen) atoms. The summed E-state index contributed by atoms with van der Waals surface area (Å²) in [6, 6.07) is 11.6. The van der Waals surface area contributed by atoms with Crippen molar-refractivity contribution in [2.24, 2.45) is 5.92 Å². The fraction of sp³-hybridized carbons (Fsp3) is 0.263. The van der Waals surface area contributed by atoms with Crippen molar-refractivity contribution >= 4 is 67.9 Å². The van der Waals surface area contributed by atoms with Gasteiger partial charge in [-0.15, -0.1) is 0 Å². The number of imide groups is 1. The zero-order valence-electron chi connectivity index (χ0n) is 14.0. The molecule has 0 radical (unpaired) electrons. The molecular formula is C19H16Cl2N2O2S. The lowest BCUT2D eigenvalue weighted by molar-refractivity contribution is -0.125. The van der Waals surface area contributed by atoms with E-state index in [1.807, 2.05) is 43.3 Å². The first kappa shape index (κ1) is 17.7. The largest absolute Gasteiger partial charge is 0.340 e. The molecule has 4 rings (SSSR count). The van der Waals surface area contributed by atoms with Crippen LogP contribution in [0.15, 0.2) is 36.4 Å². The van der Waals surface area contributed by atoms with Crippen LogP contribution in [0.2, 0.25) is 10.0 Å². The van der Waals surface area contributed by atoms with Crippen LogP contribution < -0.4 is 0 Å². The van der Waals surface area contributed by atoms with E-state index >= 15 is 0 Å². The van der Waals surface area contributed by atoms with Gasteiger partial charge in [-0.05, 0) is 42.3 Å². The maximum atomic E-state index is 11.9. The number of thioether (sulfide) groups is 1. The Labute approximate surface area is 165 Å². The zero-order valence-corrected chi connectivity index (χ0v) is 16.4. The number of nitrogens with zero attached hydrogens (tertiary/aromatic N) is 2. The smallest absolute Gasteiger partial charge is 0.288 e. The van der Waals surface area contributed by atoms with Gasteiger partial charge in [0.05, 0.1) is 5.75 Å². The van der Waals surface area contributed by atoms with Crippen LogP contribution in [0, 0.1) is 5.92 Å². The van der Waals surface area contributed by atoms with Crippen molar-refractivity contribution < 1.29 is 9.59 Å². The molecule has 0 spiro atoms. The normalized spacial score (nSPS) is 16.2. The molecule has 1 saturated heterocycles. The monoisotopic (exact) mass is 406 g/mol. The maximum Gasteiger partial charge on any atom is 0.288 e. The first-order chi connectivity index (χ1) is 12.4. The lowest BCUT2D eigenvalue weighted by atomic mass is 10.1. The number of hydrogen-bond acceptors (Lipinski definition) is 3. The Morgan fingerprint density at radius 2 is 1.58 bits per heavy atom. The standard InChI is InChI=1S/C19H16Cl2N2O2S/c1-11(9-23-18(24)10-26-19(23)25)8-22-16-4-2-12(20)6-14(16)15-7-13(21)3-5-17(15)22/h2-7,11H,8-10H2,1H3. The minimum absolute atomic E-state index is 0.104. The van der Waals surface area contributed by atoms with Crippen molar-refractivity contribution in [2.75, 3.05) is 12.3 Å². The molecule has 0 aliphatic carbocycles. The van der Waals surface area contributed by atoms with E-state index in [9.17, 15) is 9.59 Å². The number of halogens is 2. The van der Waals surface area contributed by atoms with E-state index in [1.54, 1.807) is 0 Å². The summed E-state index contributed by atoms with van der Waals surface area (Å²) in [5.74, 6) is 0.261. The molecule has 0 N–H and O–H groups in total. The van der Waals surface area contributed by atoms with E-state index in [1.165, 1.54) is 4.90 Å². The number of fused-ring (bicyclic) bond motifs is 3. The summed E-state index contributed by atoms with van der Waals surface area (Å²) in [4.78, 5) is 25.1. The first-order valence-corrected chi connectivity index (χ1v) is 10.0. The molecule has 1 atom stereocenters. The highest BCUT2D eigenvalue weighted by Crippen LogP contribution is 2.33. The zero-order chi connectivity index (χ0) is 18.4. The van der Waals surface area contributed by atoms with Gasteiger partial charge >= 0.3 is 0 Å². The van der Waals surface area contributed by atoms with Gasteiger partial charge in [0.25, 0.3) is 5.24 Å². The minimum Gasteiger partial charge on any atom is -0.340 e. The topological polar surface area (TPSA) is 42.3 Å². The molecule has 1 unspecified atom stereocenters. The van der Waals surface area contributed by atoms with E-state index in [0.717, 1.165) is 33.6 Å². The average molecular weight is 407 g/mol. The van der Waals surface area contributed by atoms with Gasteiger partial charge in [-0.1, -0.05) is 41.9 Å². The van der Waals surface area contributed by atoms with Crippen molar-refractivity contribution in [3.05, 3.63) is 46.4 Å². The first-order valence-electron chi connectivity index (χ1n) is 8.28. The number of carbonyl (C=O) groups is 2. The van der Waals surface area contributed by atoms with Gasteiger partial charge in [-0.25, -0.2) is 0 Å². The van der Waals surface area contributed by atoms with E-state index in [4.69, 9.17) is 23.2 Å². The van der Waals surface area contributed by atoms with Gasteiger partial charge in [-0.3, -0.25) is 14.5 Å².